The number of nitriles is 1. The Morgan fingerprint density at radius 2 is 1.75 bits per heavy atom. The number of hydrogen-bond acceptors (Lipinski definition) is 6. The van der Waals surface area contributed by atoms with Crippen LogP contribution in [-0.4, -0.2) is 32.7 Å². The van der Waals surface area contributed by atoms with Crippen molar-refractivity contribution in [2.75, 3.05) is 18.5 Å². The maximum absolute atomic E-state index is 9.28. The number of fused-ring (bicyclic) bond motifs is 1. The second-order valence-corrected chi connectivity index (χ2v) is 7.90. The number of hydrogen-bond donors (Lipinski definition) is 1. The van der Waals surface area contributed by atoms with Crippen LogP contribution in [0, 0.1) is 11.3 Å². The highest BCUT2D eigenvalue weighted by Gasteiger charge is 2.24. The molecule has 7 heteroatoms. The van der Waals surface area contributed by atoms with E-state index in [-0.39, 0.29) is 18.0 Å². The lowest BCUT2D eigenvalue weighted by molar-refractivity contribution is -0.0285. The standard InChI is InChI=1S/C25H24N6O/c26-15-22-27-17-21-24(30-22)31(23-13-7-8-14-32-23)25(29-21)28-16-20(18-9-3-1-4-10-18)19-11-5-2-6-12-19/h1-6,9-12,17,20,23H,7-8,13-14,16H2,(H,28,29). The average Bonchev–Trinajstić information content (AvgIpc) is 3.23. The first-order valence-electron chi connectivity index (χ1n) is 10.9. The van der Waals surface area contributed by atoms with E-state index in [0.717, 1.165) is 19.3 Å². The van der Waals surface area contributed by atoms with E-state index in [0.29, 0.717) is 30.3 Å². The Hall–Kier alpha value is -3.76. The molecule has 0 bridgehead atoms. The molecule has 1 atom stereocenters. The molecule has 160 valence electrons. The van der Waals surface area contributed by atoms with Crippen LogP contribution in [0.5, 0.6) is 0 Å². The van der Waals surface area contributed by atoms with Crippen molar-refractivity contribution < 1.29 is 4.74 Å². The molecular weight excluding hydrogens is 400 g/mol. The first kappa shape index (κ1) is 20.2. The van der Waals surface area contributed by atoms with Crippen molar-refractivity contribution in [3.8, 4) is 6.07 Å². The maximum Gasteiger partial charge on any atom is 0.234 e. The van der Waals surface area contributed by atoms with Gasteiger partial charge in [0.2, 0.25) is 11.8 Å². The number of ether oxygens (including phenoxy) is 1. The second-order valence-electron chi connectivity index (χ2n) is 7.90. The van der Waals surface area contributed by atoms with Crippen molar-refractivity contribution in [3.05, 3.63) is 83.8 Å². The van der Waals surface area contributed by atoms with E-state index in [9.17, 15) is 5.26 Å². The number of rotatable bonds is 6. The molecule has 5 rings (SSSR count). The summed E-state index contributed by atoms with van der Waals surface area (Å²) in [7, 11) is 0. The Morgan fingerprint density at radius 3 is 2.38 bits per heavy atom. The van der Waals surface area contributed by atoms with Crippen LogP contribution in [0.4, 0.5) is 5.95 Å². The molecule has 1 fully saturated rings. The lowest BCUT2D eigenvalue weighted by Gasteiger charge is -2.26. The van der Waals surface area contributed by atoms with Gasteiger partial charge in [0.1, 0.15) is 17.8 Å². The summed E-state index contributed by atoms with van der Waals surface area (Å²) in [4.78, 5) is 13.3. The zero-order valence-corrected chi connectivity index (χ0v) is 17.7. The van der Waals surface area contributed by atoms with Crippen LogP contribution in [0.25, 0.3) is 11.2 Å². The van der Waals surface area contributed by atoms with Gasteiger partial charge in [-0.15, -0.1) is 0 Å². The zero-order chi connectivity index (χ0) is 21.8. The zero-order valence-electron chi connectivity index (χ0n) is 17.7. The van der Waals surface area contributed by atoms with Gasteiger partial charge in [-0.2, -0.15) is 10.2 Å². The Kier molecular flexibility index (Phi) is 5.77. The van der Waals surface area contributed by atoms with E-state index in [1.165, 1.54) is 11.1 Å². The normalized spacial score (nSPS) is 16.2. The number of nitrogens with zero attached hydrogens (tertiary/aromatic N) is 5. The molecule has 3 heterocycles. The summed E-state index contributed by atoms with van der Waals surface area (Å²) in [5.74, 6) is 0.972. The predicted octanol–water partition coefficient (Wildman–Crippen LogP) is 4.64. The molecule has 2 aromatic heterocycles. The lowest BCUT2D eigenvalue weighted by Crippen LogP contribution is -2.22. The molecular formula is C25H24N6O. The van der Waals surface area contributed by atoms with Crippen LogP contribution in [0.2, 0.25) is 0 Å². The summed E-state index contributed by atoms with van der Waals surface area (Å²) >= 11 is 0. The van der Waals surface area contributed by atoms with Gasteiger partial charge in [-0.1, -0.05) is 60.7 Å². The molecule has 0 spiro atoms. The summed E-state index contributed by atoms with van der Waals surface area (Å²) in [6, 6.07) is 23.0. The molecule has 1 saturated heterocycles. The van der Waals surface area contributed by atoms with Gasteiger partial charge in [-0.25, -0.2) is 9.97 Å². The molecule has 1 N–H and O–H groups in total. The third-order valence-corrected chi connectivity index (χ3v) is 5.84. The average molecular weight is 425 g/mol. The Labute approximate surface area is 186 Å². The highest BCUT2D eigenvalue weighted by molar-refractivity contribution is 5.74. The monoisotopic (exact) mass is 424 g/mol. The fourth-order valence-corrected chi connectivity index (χ4v) is 4.26. The van der Waals surface area contributed by atoms with Gasteiger partial charge in [0.15, 0.2) is 5.65 Å². The fraction of sp³-hybridized carbons (Fsp3) is 0.280. The highest BCUT2D eigenvalue weighted by Crippen LogP contribution is 2.31. The van der Waals surface area contributed by atoms with Gasteiger partial charge in [-0.3, -0.25) is 4.57 Å². The molecule has 1 aliphatic heterocycles. The van der Waals surface area contributed by atoms with Gasteiger partial charge in [0.25, 0.3) is 0 Å². The molecule has 1 aliphatic rings. The van der Waals surface area contributed by atoms with E-state index in [1.807, 2.05) is 22.8 Å². The Balaban J connectivity index is 1.51. The van der Waals surface area contributed by atoms with Gasteiger partial charge in [0.05, 0.1) is 6.20 Å². The minimum Gasteiger partial charge on any atom is -0.358 e. The number of benzene rings is 2. The van der Waals surface area contributed by atoms with Crippen LogP contribution in [0.3, 0.4) is 0 Å². The molecule has 32 heavy (non-hydrogen) atoms. The summed E-state index contributed by atoms with van der Waals surface area (Å²) in [5.41, 5.74) is 3.74. The molecule has 7 nitrogen and oxygen atoms in total. The van der Waals surface area contributed by atoms with Gasteiger partial charge >= 0.3 is 0 Å². The Morgan fingerprint density at radius 1 is 1.03 bits per heavy atom. The highest BCUT2D eigenvalue weighted by atomic mass is 16.5. The van der Waals surface area contributed by atoms with E-state index in [1.54, 1.807) is 6.20 Å². The molecule has 1 unspecified atom stereocenters. The van der Waals surface area contributed by atoms with Crippen molar-refractivity contribution in [1.82, 2.24) is 19.5 Å². The van der Waals surface area contributed by atoms with Crippen molar-refractivity contribution >= 4 is 17.1 Å². The molecule has 2 aromatic carbocycles. The van der Waals surface area contributed by atoms with Crippen molar-refractivity contribution in [2.45, 2.75) is 31.4 Å². The molecule has 0 radical (unpaired) electrons. The summed E-state index contributed by atoms with van der Waals surface area (Å²) in [6.45, 7) is 1.36. The summed E-state index contributed by atoms with van der Waals surface area (Å²) in [6.07, 6.45) is 4.46. The van der Waals surface area contributed by atoms with Crippen LogP contribution < -0.4 is 5.32 Å². The maximum atomic E-state index is 9.28. The number of nitrogens with one attached hydrogen (secondary N) is 1. The van der Waals surface area contributed by atoms with Gasteiger partial charge in [-0.05, 0) is 30.4 Å². The first-order chi connectivity index (χ1) is 15.8. The van der Waals surface area contributed by atoms with Crippen molar-refractivity contribution in [3.63, 3.8) is 0 Å². The van der Waals surface area contributed by atoms with E-state index in [4.69, 9.17) is 9.72 Å². The third-order valence-electron chi connectivity index (χ3n) is 5.84. The summed E-state index contributed by atoms with van der Waals surface area (Å²) < 4.78 is 8.05. The van der Waals surface area contributed by atoms with E-state index >= 15 is 0 Å². The molecule has 0 aliphatic carbocycles. The quantitative estimate of drug-likeness (QED) is 0.485. The number of aromatic nitrogens is 4. The SMILES string of the molecule is N#Cc1ncc2nc(NCC(c3ccccc3)c3ccccc3)n(C3CCCCO3)c2n1. The van der Waals surface area contributed by atoms with Crippen LogP contribution in [0.15, 0.2) is 66.9 Å². The second kappa shape index (κ2) is 9.16. The topological polar surface area (TPSA) is 88.7 Å². The van der Waals surface area contributed by atoms with Crippen LogP contribution >= 0.6 is 0 Å². The van der Waals surface area contributed by atoms with Crippen LogP contribution in [0.1, 0.15) is 48.4 Å². The van der Waals surface area contributed by atoms with Crippen LogP contribution in [-0.2, 0) is 4.74 Å². The first-order valence-corrected chi connectivity index (χ1v) is 10.9. The number of imidazole rings is 1. The minimum atomic E-state index is -0.162. The summed E-state index contributed by atoms with van der Waals surface area (Å²) in [5, 5.41) is 12.8. The minimum absolute atomic E-state index is 0.132. The van der Waals surface area contributed by atoms with Gasteiger partial charge in [0, 0.05) is 19.1 Å². The predicted molar refractivity (Wildman–Crippen MR) is 122 cm³/mol. The molecule has 0 saturated carbocycles. The van der Waals surface area contributed by atoms with E-state index < -0.39 is 0 Å². The van der Waals surface area contributed by atoms with E-state index in [2.05, 4.69) is 63.8 Å². The van der Waals surface area contributed by atoms with Gasteiger partial charge < -0.3 is 10.1 Å². The largest absolute Gasteiger partial charge is 0.358 e. The smallest absolute Gasteiger partial charge is 0.234 e. The lowest BCUT2D eigenvalue weighted by atomic mass is 9.91. The molecule has 0 amide bonds. The third kappa shape index (κ3) is 4.05. The van der Waals surface area contributed by atoms with Crippen molar-refractivity contribution in [1.29, 1.82) is 5.26 Å². The number of anilines is 1. The Bertz CT molecular complexity index is 1190. The fourth-order valence-electron chi connectivity index (χ4n) is 4.26. The molecule has 4 aromatic rings. The van der Waals surface area contributed by atoms with Crippen molar-refractivity contribution in [2.24, 2.45) is 0 Å².